The molecule has 0 atom stereocenters. The van der Waals surface area contributed by atoms with Crippen LogP contribution in [0.2, 0.25) is 0 Å². The molecule has 0 radical (unpaired) electrons. The van der Waals surface area contributed by atoms with Crippen LogP contribution in [-0.2, 0) is 11.8 Å². The summed E-state index contributed by atoms with van der Waals surface area (Å²) in [5.74, 6) is 2.91. The second-order valence-electron chi connectivity index (χ2n) is 6.25. The molecule has 0 aliphatic rings. The second kappa shape index (κ2) is 9.84. The number of thiazole rings is 1. The molecule has 1 heterocycles. The van der Waals surface area contributed by atoms with Crippen LogP contribution in [0.3, 0.4) is 0 Å². The molecular formula is C21H24N2O4S2. The first-order chi connectivity index (χ1) is 14.0. The van der Waals surface area contributed by atoms with Crippen molar-refractivity contribution >= 4 is 39.2 Å². The maximum absolute atomic E-state index is 12.3. The summed E-state index contributed by atoms with van der Waals surface area (Å²) in [6, 6.07) is 11.7. The molecule has 1 amide bonds. The summed E-state index contributed by atoms with van der Waals surface area (Å²) in [4.78, 5) is 18.5. The quantitative estimate of drug-likeness (QED) is 0.393. The van der Waals surface area contributed by atoms with Gasteiger partial charge in [0.05, 0.1) is 31.5 Å². The van der Waals surface area contributed by atoms with Crippen LogP contribution in [-0.4, -0.2) is 37.6 Å². The van der Waals surface area contributed by atoms with Crippen molar-refractivity contribution in [2.24, 2.45) is 12.0 Å². The third kappa shape index (κ3) is 5.13. The Labute approximate surface area is 178 Å². The zero-order valence-corrected chi connectivity index (χ0v) is 18.6. The van der Waals surface area contributed by atoms with Gasteiger partial charge in [0.25, 0.3) is 0 Å². The summed E-state index contributed by atoms with van der Waals surface area (Å²) in [6.45, 7) is 0. The van der Waals surface area contributed by atoms with Gasteiger partial charge in [-0.1, -0.05) is 11.3 Å². The third-order valence-corrected chi connectivity index (χ3v) is 6.59. The molecule has 6 nitrogen and oxygen atoms in total. The number of fused-ring (bicyclic) bond motifs is 1. The fraction of sp³-hybridized carbons (Fsp3) is 0.333. The highest BCUT2D eigenvalue weighted by atomic mass is 32.2. The van der Waals surface area contributed by atoms with Crippen molar-refractivity contribution in [2.75, 3.05) is 27.1 Å². The van der Waals surface area contributed by atoms with E-state index in [9.17, 15) is 4.79 Å². The second-order valence-corrected chi connectivity index (χ2v) is 8.43. The minimum atomic E-state index is -0.110. The van der Waals surface area contributed by atoms with Crippen molar-refractivity contribution in [3.05, 3.63) is 41.2 Å². The lowest BCUT2D eigenvalue weighted by molar-refractivity contribution is -0.118. The smallest absolute Gasteiger partial charge is 0.248 e. The van der Waals surface area contributed by atoms with Crippen LogP contribution in [0.1, 0.15) is 12.8 Å². The Kier molecular flexibility index (Phi) is 7.22. The summed E-state index contributed by atoms with van der Waals surface area (Å²) in [5.41, 5.74) is 0.953. The Bertz CT molecular complexity index is 1050. The number of ether oxygens (including phenoxy) is 3. The highest BCUT2D eigenvalue weighted by molar-refractivity contribution is 7.99. The molecule has 0 saturated carbocycles. The standard InChI is InChI=1S/C21H24N2O4S2/c1-23-16-12-17(26-3)18(27-4)13-19(16)29-21(23)22-20(24)6-5-11-28-15-9-7-14(25-2)8-10-15/h7-10,12-13H,5-6,11H2,1-4H3. The summed E-state index contributed by atoms with van der Waals surface area (Å²) >= 11 is 3.19. The summed E-state index contributed by atoms with van der Waals surface area (Å²) in [5, 5.41) is 0. The topological polar surface area (TPSA) is 62.1 Å². The van der Waals surface area contributed by atoms with Gasteiger partial charge >= 0.3 is 0 Å². The van der Waals surface area contributed by atoms with E-state index in [1.807, 2.05) is 48.0 Å². The first-order valence-electron chi connectivity index (χ1n) is 9.11. The van der Waals surface area contributed by atoms with E-state index < -0.39 is 0 Å². The number of amides is 1. The van der Waals surface area contributed by atoms with Crippen LogP contribution in [0.25, 0.3) is 10.2 Å². The Morgan fingerprint density at radius 2 is 1.76 bits per heavy atom. The largest absolute Gasteiger partial charge is 0.497 e. The molecule has 0 aliphatic heterocycles. The Balaban J connectivity index is 1.63. The van der Waals surface area contributed by atoms with E-state index in [2.05, 4.69) is 4.99 Å². The number of rotatable bonds is 8. The number of benzene rings is 2. The van der Waals surface area contributed by atoms with Gasteiger partial charge in [-0.2, -0.15) is 4.99 Å². The maximum atomic E-state index is 12.3. The molecule has 0 unspecified atom stereocenters. The summed E-state index contributed by atoms with van der Waals surface area (Å²) in [7, 11) is 6.77. The van der Waals surface area contributed by atoms with Gasteiger partial charge in [0.15, 0.2) is 16.3 Å². The predicted octanol–water partition coefficient (Wildman–Crippen LogP) is 4.27. The predicted molar refractivity (Wildman–Crippen MR) is 117 cm³/mol. The van der Waals surface area contributed by atoms with Crippen LogP contribution in [0.4, 0.5) is 0 Å². The van der Waals surface area contributed by atoms with Gasteiger partial charge in [-0.25, -0.2) is 0 Å². The highest BCUT2D eigenvalue weighted by Crippen LogP contribution is 2.33. The van der Waals surface area contributed by atoms with Crippen LogP contribution < -0.4 is 19.0 Å². The van der Waals surface area contributed by atoms with Crippen molar-refractivity contribution in [3.8, 4) is 17.2 Å². The Morgan fingerprint density at radius 3 is 2.41 bits per heavy atom. The number of nitrogens with zero attached hydrogens (tertiary/aromatic N) is 2. The molecule has 3 rings (SSSR count). The number of carbonyl (C=O) groups excluding carboxylic acids is 1. The number of aromatic nitrogens is 1. The Morgan fingerprint density at radius 1 is 1.07 bits per heavy atom. The van der Waals surface area contributed by atoms with Crippen LogP contribution >= 0.6 is 23.1 Å². The minimum Gasteiger partial charge on any atom is -0.497 e. The monoisotopic (exact) mass is 432 g/mol. The molecule has 2 aromatic carbocycles. The molecule has 29 heavy (non-hydrogen) atoms. The van der Waals surface area contributed by atoms with Gasteiger partial charge in [-0.05, 0) is 36.4 Å². The van der Waals surface area contributed by atoms with E-state index in [1.165, 1.54) is 11.3 Å². The zero-order chi connectivity index (χ0) is 20.8. The van der Waals surface area contributed by atoms with Crippen LogP contribution in [0.15, 0.2) is 46.3 Å². The fourth-order valence-corrected chi connectivity index (χ4v) is 4.71. The van der Waals surface area contributed by atoms with Crippen molar-refractivity contribution in [1.82, 2.24) is 4.57 Å². The van der Waals surface area contributed by atoms with Crippen LogP contribution in [0, 0.1) is 0 Å². The van der Waals surface area contributed by atoms with E-state index >= 15 is 0 Å². The molecule has 0 saturated heterocycles. The molecule has 0 bridgehead atoms. The minimum absolute atomic E-state index is 0.110. The zero-order valence-electron chi connectivity index (χ0n) is 16.9. The average molecular weight is 433 g/mol. The molecule has 1 aromatic heterocycles. The van der Waals surface area contributed by atoms with Crippen molar-refractivity contribution in [3.63, 3.8) is 0 Å². The van der Waals surface area contributed by atoms with Crippen LogP contribution in [0.5, 0.6) is 17.2 Å². The van der Waals surface area contributed by atoms with Gasteiger partial charge in [0.2, 0.25) is 5.91 Å². The van der Waals surface area contributed by atoms with Crippen molar-refractivity contribution < 1.29 is 19.0 Å². The maximum Gasteiger partial charge on any atom is 0.248 e. The first-order valence-corrected chi connectivity index (χ1v) is 10.9. The van der Waals surface area contributed by atoms with Crippen molar-refractivity contribution in [2.45, 2.75) is 17.7 Å². The van der Waals surface area contributed by atoms with Crippen molar-refractivity contribution in [1.29, 1.82) is 0 Å². The molecule has 0 aliphatic carbocycles. The van der Waals surface area contributed by atoms with Gasteiger partial charge in [-0.15, -0.1) is 11.8 Å². The number of aryl methyl sites for hydroxylation is 1. The van der Waals surface area contributed by atoms with Gasteiger partial charge in [-0.3, -0.25) is 4.79 Å². The molecule has 8 heteroatoms. The Hall–Kier alpha value is -2.45. The van der Waals surface area contributed by atoms with Gasteiger partial charge in [0.1, 0.15) is 5.75 Å². The highest BCUT2D eigenvalue weighted by Gasteiger charge is 2.11. The first kappa shape index (κ1) is 21.3. The summed E-state index contributed by atoms with van der Waals surface area (Å²) in [6.07, 6.45) is 1.19. The van der Waals surface area contributed by atoms with E-state index in [0.717, 1.165) is 33.0 Å². The lowest BCUT2D eigenvalue weighted by Crippen LogP contribution is -2.13. The average Bonchev–Trinajstić information content (AvgIpc) is 3.04. The molecule has 154 valence electrons. The number of hydrogen-bond acceptors (Lipinski definition) is 6. The van der Waals surface area contributed by atoms with Gasteiger partial charge in [0, 0.05) is 30.5 Å². The normalized spacial score (nSPS) is 11.7. The van der Waals surface area contributed by atoms with E-state index in [-0.39, 0.29) is 5.91 Å². The van der Waals surface area contributed by atoms with Gasteiger partial charge < -0.3 is 18.8 Å². The number of methoxy groups -OCH3 is 3. The van der Waals surface area contributed by atoms with E-state index in [4.69, 9.17) is 14.2 Å². The molecule has 0 spiro atoms. The van der Waals surface area contributed by atoms with E-state index in [1.54, 1.807) is 33.1 Å². The molecular weight excluding hydrogens is 408 g/mol. The SMILES string of the molecule is COc1ccc(SCCCC(=O)N=c2sc3cc(OC)c(OC)cc3n2C)cc1. The number of thioether (sulfide) groups is 1. The van der Waals surface area contributed by atoms with E-state index in [0.29, 0.717) is 22.7 Å². The lowest BCUT2D eigenvalue weighted by Gasteiger charge is -2.07. The fourth-order valence-electron chi connectivity index (χ4n) is 2.81. The lowest BCUT2D eigenvalue weighted by atomic mass is 10.3. The number of hydrogen-bond donors (Lipinski definition) is 0. The molecule has 0 N–H and O–H groups in total. The third-order valence-electron chi connectivity index (χ3n) is 4.40. The number of carbonyl (C=O) groups is 1. The molecule has 0 fully saturated rings. The summed E-state index contributed by atoms with van der Waals surface area (Å²) < 4.78 is 18.8. The molecule has 3 aromatic rings.